The van der Waals surface area contributed by atoms with Crippen LogP contribution in [0.4, 0.5) is 0 Å². The highest BCUT2D eigenvalue weighted by Gasteiger charge is 2.60. The number of Topliss-reactive ketones (excluding diaryl/α,β-unsaturated/α-hetero) is 2. The molecule has 0 spiro atoms. The Morgan fingerprint density at radius 2 is 0.602 bits per heavy atom. The minimum atomic E-state index is -2.31. The number of ether oxygens (including phenoxy) is 16. The number of rotatable bonds is 27. The van der Waals surface area contributed by atoms with Gasteiger partial charge in [0.15, 0.2) is 44.0 Å². The zero-order chi connectivity index (χ0) is 75.4. The molecule has 0 amide bonds. The van der Waals surface area contributed by atoms with Crippen LogP contribution in [-0.2, 0) is 95.0 Å². The Bertz CT molecular complexity index is 2610. The van der Waals surface area contributed by atoms with Crippen LogP contribution in [0.1, 0.15) is 26.2 Å². The van der Waals surface area contributed by atoms with Gasteiger partial charge in [-0.3, -0.25) is 19.2 Å². The molecule has 596 valence electrons. The molecule has 21 aliphatic rings. The average Bonchev–Trinajstić information content (AvgIpc) is 0.785. The number of aliphatic hydroxyl groups excluding tert-OH is 19. The van der Waals surface area contributed by atoms with Crippen molar-refractivity contribution >= 4 is 47.0 Å². The number of carboxylic acid groups (broad SMARTS) is 2. The normalized spacial score (nSPS) is 44.9. The van der Waals surface area contributed by atoms with Crippen molar-refractivity contribution in [1.29, 1.82) is 0 Å². The van der Waals surface area contributed by atoms with E-state index < -0.39 is 290 Å². The highest BCUT2D eigenvalue weighted by atomic mass is 32.2. The lowest BCUT2D eigenvalue weighted by atomic mass is 9.95. The molecule has 22 N–H and O–H groups in total. The van der Waals surface area contributed by atoms with E-state index in [4.69, 9.17) is 75.8 Å². The summed E-state index contributed by atoms with van der Waals surface area (Å²) in [5, 5.41) is 239. The standard InChI is InChI=1S/C59H97NO41S2/c1-19(66)3-5-86-7-8-87-6-4-21(67)9-20(51(82)83)15-102-17-28-49-35(73)42(80)58(93-28)98-47-26(13-64)89-55(38(76)31(47)69)97-46-25(12-63)92-57(41(79)34(46)72)101-50-29(18-103-16-22(60-2)52(84)85)94-59(43(81)36(50)74)99-48-27(14-65)90-54(39(77)32(48)70)95-44-23(10-61)88-53(37(75)30(44)68)96-45-24(11-62)91-56(100-49)40(78)33(45)71/h20,22-50,53-65,68-81H,3-18H2,1-2H3,(H,82,83)(H,84,85)/t20-,22-,23?,24?,25?,26?,27?,28?,29?,30-,31-,32-,33-,34+,35-,36-,37?,38?,39?,40?,41?,42?,43?,44-,45-,46-,47-,48-,49-,50-,53+,54-,55+,56-,57+,58-,59+/m1/s1. The number of carboxylic acids is 2. The average molecular weight is 1540 g/mol. The summed E-state index contributed by atoms with van der Waals surface area (Å²) < 4.78 is 93.3. The number of hydrogen-bond donors (Lipinski definition) is 22. The Morgan fingerprint density at radius 1 is 0.350 bits per heavy atom. The van der Waals surface area contributed by atoms with Crippen LogP contribution in [-0.4, -0.2) is 441 Å². The molecule has 42 nitrogen and oxygen atoms in total. The first-order chi connectivity index (χ1) is 49.0. The Morgan fingerprint density at radius 3 is 0.845 bits per heavy atom. The zero-order valence-corrected chi connectivity index (χ0v) is 57.2. The van der Waals surface area contributed by atoms with Crippen LogP contribution < -0.4 is 5.32 Å². The molecule has 21 rings (SSSR count). The molecule has 21 heterocycles. The summed E-state index contributed by atoms with van der Waals surface area (Å²) in [7, 11) is 1.35. The molecule has 0 aromatic rings. The molecule has 14 unspecified atom stereocenters. The van der Waals surface area contributed by atoms with Gasteiger partial charge in [0.25, 0.3) is 0 Å². The summed E-state index contributed by atoms with van der Waals surface area (Å²) >= 11 is 1.66. The van der Waals surface area contributed by atoms with Crippen molar-refractivity contribution in [2.24, 2.45) is 5.92 Å². The third-order valence-electron chi connectivity index (χ3n) is 18.6. The molecule has 0 aromatic heterocycles. The van der Waals surface area contributed by atoms with Crippen molar-refractivity contribution in [3.8, 4) is 0 Å². The van der Waals surface area contributed by atoms with E-state index in [1.807, 2.05) is 0 Å². The summed E-state index contributed by atoms with van der Waals surface area (Å²) in [5.41, 5.74) is 0. The summed E-state index contributed by atoms with van der Waals surface area (Å²) in [6, 6.07) is -1.18. The number of hydrogen-bond acceptors (Lipinski definition) is 42. The fourth-order valence-corrected chi connectivity index (χ4v) is 15.0. The van der Waals surface area contributed by atoms with E-state index in [1.165, 1.54) is 14.0 Å². The van der Waals surface area contributed by atoms with E-state index >= 15 is 0 Å². The quantitative estimate of drug-likeness (QED) is 0.0340. The van der Waals surface area contributed by atoms with Crippen LogP contribution in [0.2, 0.25) is 0 Å². The first kappa shape index (κ1) is 86.1. The van der Waals surface area contributed by atoms with Gasteiger partial charge in [0.1, 0.15) is 176 Å². The van der Waals surface area contributed by atoms with Gasteiger partial charge in [-0.2, -0.15) is 23.5 Å². The molecule has 0 aliphatic carbocycles. The van der Waals surface area contributed by atoms with Gasteiger partial charge in [-0.25, -0.2) is 0 Å². The van der Waals surface area contributed by atoms with E-state index in [0.29, 0.717) is 0 Å². The van der Waals surface area contributed by atoms with Crippen molar-refractivity contribution < 1.29 is 202 Å². The predicted molar refractivity (Wildman–Crippen MR) is 332 cm³/mol. The highest BCUT2D eigenvalue weighted by Crippen LogP contribution is 2.40. The van der Waals surface area contributed by atoms with Crippen LogP contribution in [0.15, 0.2) is 0 Å². The number of nitrogens with one attached hydrogen (secondary N) is 1. The number of aliphatic carboxylic acids is 2. The number of aliphatic hydroxyl groups is 19. The lowest BCUT2D eigenvalue weighted by Crippen LogP contribution is -2.68. The number of carbonyl (C=O) groups excluding carboxylic acids is 2. The molecule has 44 heteroatoms. The molecular weight excluding hydrogens is 1440 g/mol. The van der Waals surface area contributed by atoms with Gasteiger partial charge in [0.05, 0.1) is 77.6 Å². The van der Waals surface area contributed by atoms with E-state index in [1.54, 1.807) is 0 Å². The fourth-order valence-electron chi connectivity index (χ4n) is 12.6. The topological polar surface area (TPSA) is 653 Å². The molecule has 21 saturated heterocycles. The lowest BCUT2D eigenvalue weighted by molar-refractivity contribution is -0.395. The van der Waals surface area contributed by atoms with Gasteiger partial charge in [0.2, 0.25) is 0 Å². The minimum Gasteiger partial charge on any atom is -0.481 e. The Balaban J connectivity index is 1.08. The Kier molecular flexibility index (Phi) is 33.4. The number of ketones is 2. The van der Waals surface area contributed by atoms with E-state index in [9.17, 15) is 126 Å². The van der Waals surface area contributed by atoms with Gasteiger partial charge in [0, 0.05) is 42.3 Å². The van der Waals surface area contributed by atoms with Crippen LogP contribution in [0.3, 0.4) is 0 Å². The molecule has 0 aromatic carbocycles. The Labute approximate surface area is 595 Å². The third-order valence-corrected chi connectivity index (χ3v) is 20.9. The van der Waals surface area contributed by atoms with Crippen LogP contribution in [0.5, 0.6) is 0 Å². The van der Waals surface area contributed by atoms with Crippen LogP contribution in [0, 0.1) is 5.92 Å². The van der Waals surface area contributed by atoms with Gasteiger partial charge in [-0.05, 0) is 14.0 Å². The van der Waals surface area contributed by atoms with Gasteiger partial charge in [-0.1, -0.05) is 0 Å². The molecule has 21 aliphatic heterocycles. The zero-order valence-electron chi connectivity index (χ0n) is 55.5. The predicted octanol–water partition coefficient (Wildman–Crippen LogP) is -13.0. The third kappa shape index (κ3) is 21.0. The highest BCUT2D eigenvalue weighted by molar-refractivity contribution is 7.99. The number of carbonyl (C=O) groups is 4. The van der Waals surface area contributed by atoms with Gasteiger partial charge in [-0.15, -0.1) is 0 Å². The van der Waals surface area contributed by atoms with E-state index in [0.717, 1.165) is 23.5 Å². The first-order valence-corrected chi connectivity index (χ1v) is 35.5. The van der Waals surface area contributed by atoms with Crippen molar-refractivity contribution in [2.75, 3.05) is 89.5 Å². The summed E-state index contributed by atoms with van der Waals surface area (Å²) in [6.07, 6.45) is -73.1. The second-order valence-corrected chi connectivity index (χ2v) is 27.9. The largest absolute Gasteiger partial charge is 0.481 e. The molecule has 0 saturated carbocycles. The minimum absolute atomic E-state index is 0.0645. The second kappa shape index (κ2) is 40.0. The summed E-state index contributed by atoms with van der Waals surface area (Å²) in [4.78, 5) is 48.7. The first-order valence-electron chi connectivity index (χ1n) is 33.2. The van der Waals surface area contributed by atoms with Gasteiger partial charge >= 0.3 is 11.9 Å². The molecule has 103 heavy (non-hydrogen) atoms. The molecule has 21 fully saturated rings. The maximum absolute atomic E-state index is 13.0. The molecule has 0 radical (unpaired) electrons. The SMILES string of the molecule is CN[C@H](CSCC1O[C@H]2O[C@@H]3C(CO)O[C@H](O[C@@H]4C(CO)O[C@@H](O[C@@H]5C(CO)O[C@H](O[C@@H]6C(CSC[C@@H](CC(=O)CCOCCOCCC(C)=O)C(=O)O)O[C@H](O[C@@H]7C(CO)O[C@@H](O[C@@H]8C(CO)O[C@@H](O[C@H]1[C@H](O)C2O)C(O)[C@@H]8O)C(O)[C@H]7O)C(O)[C@H]6O)C(O)[C@H]5O)C(O)[C@H]4O)C(O)[C@H]3O)C(=O)O. The van der Waals surface area contributed by atoms with Gasteiger partial charge < -0.3 is 188 Å². The van der Waals surface area contributed by atoms with Crippen molar-refractivity contribution in [3.05, 3.63) is 0 Å². The van der Waals surface area contributed by atoms with Crippen molar-refractivity contribution in [2.45, 2.75) is 247 Å². The molecular formula is C59H97NO41S2. The maximum Gasteiger partial charge on any atom is 0.321 e. The van der Waals surface area contributed by atoms with Crippen LogP contribution in [0.25, 0.3) is 0 Å². The Hall–Kier alpha value is -2.46. The van der Waals surface area contributed by atoms with Crippen molar-refractivity contribution in [3.63, 3.8) is 0 Å². The van der Waals surface area contributed by atoms with Crippen LogP contribution >= 0.6 is 23.5 Å². The number of likely N-dealkylation sites (N-methyl/N-ethyl adjacent to an activating group) is 1. The monoisotopic (exact) mass is 1540 g/mol. The lowest BCUT2D eigenvalue weighted by Gasteiger charge is -2.50. The fraction of sp³-hybridized carbons (Fsp3) is 0.932. The number of thioether (sulfide) groups is 2. The maximum atomic E-state index is 13.0. The summed E-state index contributed by atoms with van der Waals surface area (Å²) in [5.74, 6) is -6.08. The molecule has 37 atom stereocenters. The van der Waals surface area contributed by atoms with E-state index in [-0.39, 0.29) is 62.3 Å². The smallest absolute Gasteiger partial charge is 0.321 e. The second-order valence-electron chi connectivity index (χ2n) is 25.7. The van der Waals surface area contributed by atoms with Crippen molar-refractivity contribution in [1.82, 2.24) is 5.32 Å². The molecule has 14 bridgehead atoms. The summed E-state index contributed by atoms with van der Waals surface area (Å²) in [6.45, 7) is -3.91. The van der Waals surface area contributed by atoms with E-state index in [2.05, 4.69) is 5.32 Å².